The molecule has 1 amide bonds. The van der Waals surface area contributed by atoms with Crippen molar-refractivity contribution in [1.29, 1.82) is 0 Å². The lowest BCUT2D eigenvalue weighted by Crippen LogP contribution is -2.36. The number of aromatic nitrogens is 2. The van der Waals surface area contributed by atoms with Crippen LogP contribution in [0.2, 0.25) is 0 Å². The molecule has 0 N–H and O–H groups in total. The van der Waals surface area contributed by atoms with E-state index in [0.29, 0.717) is 36.9 Å². The van der Waals surface area contributed by atoms with E-state index in [1.165, 1.54) is 0 Å². The largest absolute Gasteiger partial charge is 0.484 e. The van der Waals surface area contributed by atoms with Gasteiger partial charge in [0.15, 0.2) is 12.4 Å². The van der Waals surface area contributed by atoms with E-state index in [4.69, 9.17) is 14.0 Å². The fraction of sp³-hybridized carbons (Fsp3) is 0.318. The minimum absolute atomic E-state index is 0.0709. The molecule has 0 aliphatic carbocycles. The van der Waals surface area contributed by atoms with E-state index in [2.05, 4.69) is 10.1 Å². The average molecular weight is 393 g/mol. The minimum atomic E-state index is -0.342. The van der Waals surface area contributed by atoms with Crippen molar-refractivity contribution in [2.24, 2.45) is 0 Å². The maximum absolute atomic E-state index is 13.1. The van der Waals surface area contributed by atoms with E-state index in [1.807, 2.05) is 55.5 Å². The third-order valence-corrected chi connectivity index (χ3v) is 4.93. The summed E-state index contributed by atoms with van der Waals surface area (Å²) >= 11 is 0. The standard InChI is InChI=1S/C22H23N3O4/c1-15-7-9-17(10-8-15)28-14-21(26)25-18-6-4-3-5-16(18)13-19(25)22-23-20(24-29-22)11-12-27-2/h3-10,19H,11-14H2,1-2H3. The van der Waals surface area contributed by atoms with E-state index in [9.17, 15) is 4.79 Å². The molecular weight excluding hydrogens is 370 g/mol. The molecule has 29 heavy (non-hydrogen) atoms. The van der Waals surface area contributed by atoms with Crippen molar-refractivity contribution in [3.63, 3.8) is 0 Å². The molecule has 2 heterocycles. The van der Waals surface area contributed by atoms with Gasteiger partial charge in [-0.15, -0.1) is 0 Å². The fourth-order valence-electron chi connectivity index (χ4n) is 3.44. The molecule has 1 aliphatic rings. The van der Waals surface area contributed by atoms with Crippen LogP contribution in [0.5, 0.6) is 5.75 Å². The Hall–Kier alpha value is -3.19. The number of fused-ring (bicyclic) bond motifs is 1. The van der Waals surface area contributed by atoms with Crippen LogP contribution in [0, 0.1) is 6.92 Å². The van der Waals surface area contributed by atoms with Gasteiger partial charge in [0.1, 0.15) is 11.8 Å². The summed E-state index contributed by atoms with van der Waals surface area (Å²) in [6.07, 6.45) is 1.18. The van der Waals surface area contributed by atoms with Crippen molar-refractivity contribution in [2.75, 3.05) is 25.2 Å². The molecule has 4 rings (SSSR count). The molecule has 2 aromatic carbocycles. The molecule has 1 aromatic heterocycles. The summed E-state index contributed by atoms with van der Waals surface area (Å²) in [7, 11) is 1.63. The van der Waals surface area contributed by atoms with Crippen LogP contribution < -0.4 is 9.64 Å². The second-order valence-electron chi connectivity index (χ2n) is 7.01. The molecule has 3 aromatic rings. The van der Waals surface area contributed by atoms with Crippen molar-refractivity contribution in [1.82, 2.24) is 10.1 Å². The number of amides is 1. The first-order valence-corrected chi connectivity index (χ1v) is 9.56. The Morgan fingerprint density at radius 1 is 1.21 bits per heavy atom. The summed E-state index contributed by atoms with van der Waals surface area (Å²) < 4.78 is 16.3. The van der Waals surface area contributed by atoms with Gasteiger partial charge < -0.3 is 14.0 Å². The molecule has 0 radical (unpaired) electrons. The number of carbonyl (C=O) groups is 1. The van der Waals surface area contributed by atoms with Gasteiger partial charge in [-0.25, -0.2) is 0 Å². The number of aryl methyl sites for hydroxylation is 1. The van der Waals surface area contributed by atoms with E-state index in [-0.39, 0.29) is 18.6 Å². The van der Waals surface area contributed by atoms with Crippen LogP contribution in [0.15, 0.2) is 53.1 Å². The first kappa shape index (κ1) is 19.1. The van der Waals surface area contributed by atoms with Crippen LogP contribution in [0.3, 0.4) is 0 Å². The Morgan fingerprint density at radius 2 is 2.00 bits per heavy atom. The summed E-state index contributed by atoms with van der Waals surface area (Å²) in [6.45, 7) is 2.45. The Bertz CT molecular complexity index is 984. The van der Waals surface area contributed by atoms with Gasteiger partial charge in [-0.3, -0.25) is 9.69 Å². The van der Waals surface area contributed by atoms with Crippen molar-refractivity contribution in [3.05, 3.63) is 71.4 Å². The molecule has 0 spiro atoms. The van der Waals surface area contributed by atoms with E-state index in [1.54, 1.807) is 12.0 Å². The van der Waals surface area contributed by atoms with Crippen LogP contribution in [-0.4, -0.2) is 36.4 Å². The number of rotatable bonds is 7. The van der Waals surface area contributed by atoms with Crippen molar-refractivity contribution in [2.45, 2.75) is 25.8 Å². The van der Waals surface area contributed by atoms with Crippen LogP contribution in [0.25, 0.3) is 0 Å². The number of ether oxygens (including phenoxy) is 2. The topological polar surface area (TPSA) is 77.7 Å². The number of hydrogen-bond donors (Lipinski definition) is 0. The Morgan fingerprint density at radius 3 is 2.79 bits per heavy atom. The highest BCUT2D eigenvalue weighted by Crippen LogP contribution is 2.39. The van der Waals surface area contributed by atoms with Crippen LogP contribution >= 0.6 is 0 Å². The number of carbonyl (C=O) groups excluding carboxylic acids is 1. The summed E-state index contributed by atoms with van der Waals surface area (Å²) in [5, 5.41) is 4.02. The molecule has 1 atom stereocenters. The zero-order chi connectivity index (χ0) is 20.2. The normalized spacial score (nSPS) is 15.4. The quantitative estimate of drug-likeness (QED) is 0.613. The van der Waals surface area contributed by atoms with Crippen LogP contribution in [0.1, 0.15) is 28.9 Å². The van der Waals surface area contributed by atoms with Gasteiger partial charge >= 0.3 is 0 Å². The lowest BCUT2D eigenvalue weighted by atomic mass is 10.1. The van der Waals surface area contributed by atoms with Crippen LogP contribution in [-0.2, 0) is 22.4 Å². The molecule has 0 fully saturated rings. The lowest BCUT2D eigenvalue weighted by molar-refractivity contribution is -0.121. The lowest BCUT2D eigenvalue weighted by Gasteiger charge is -2.23. The predicted molar refractivity (Wildman–Crippen MR) is 107 cm³/mol. The smallest absolute Gasteiger partial charge is 0.265 e. The predicted octanol–water partition coefficient (Wildman–Crippen LogP) is 3.28. The first-order chi connectivity index (χ1) is 14.2. The number of anilines is 1. The molecule has 1 unspecified atom stereocenters. The molecule has 7 nitrogen and oxygen atoms in total. The highest BCUT2D eigenvalue weighted by molar-refractivity contribution is 5.97. The highest BCUT2D eigenvalue weighted by Gasteiger charge is 2.38. The molecule has 0 bridgehead atoms. The number of nitrogens with zero attached hydrogens (tertiary/aromatic N) is 3. The molecule has 7 heteroatoms. The number of para-hydroxylation sites is 1. The van der Waals surface area contributed by atoms with Gasteiger partial charge in [0.2, 0.25) is 5.89 Å². The summed E-state index contributed by atoms with van der Waals surface area (Å²) in [5.74, 6) is 1.50. The van der Waals surface area contributed by atoms with Gasteiger partial charge in [-0.05, 0) is 30.7 Å². The SMILES string of the molecule is COCCc1noc(C2Cc3ccccc3N2C(=O)COc2ccc(C)cc2)n1. The van der Waals surface area contributed by atoms with Gasteiger partial charge in [0.25, 0.3) is 5.91 Å². The van der Waals surface area contributed by atoms with Gasteiger partial charge in [0.05, 0.1) is 6.61 Å². The third kappa shape index (κ3) is 4.14. The second-order valence-corrected chi connectivity index (χ2v) is 7.01. The van der Waals surface area contributed by atoms with Crippen molar-refractivity contribution >= 4 is 11.6 Å². The minimum Gasteiger partial charge on any atom is -0.484 e. The van der Waals surface area contributed by atoms with Crippen molar-refractivity contribution < 1.29 is 18.8 Å². The maximum atomic E-state index is 13.1. The monoisotopic (exact) mass is 393 g/mol. The Kier molecular flexibility index (Phi) is 5.57. The van der Waals surface area contributed by atoms with Gasteiger partial charge in [-0.1, -0.05) is 41.1 Å². The number of benzene rings is 2. The average Bonchev–Trinajstić information content (AvgIpc) is 3.36. The van der Waals surface area contributed by atoms with Gasteiger partial charge in [0, 0.05) is 25.6 Å². The second kappa shape index (κ2) is 8.45. The van der Waals surface area contributed by atoms with Crippen molar-refractivity contribution in [3.8, 4) is 5.75 Å². The van der Waals surface area contributed by atoms with Crippen LogP contribution in [0.4, 0.5) is 5.69 Å². The molecular formula is C22H23N3O4. The third-order valence-electron chi connectivity index (χ3n) is 4.93. The Labute approximate surface area is 169 Å². The summed E-state index contributed by atoms with van der Waals surface area (Å²) in [4.78, 5) is 19.3. The zero-order valence-corrected chi connectivity index (χ0v) is 16.5. The molecule has 1 aliphatic heterocycles. The van der Waals surface area contributed by atoms with Gasteiger partial charge in [-0.2, -0.15) is 4.98 Å². The highest BCUT2D eigenvalue weighted by atomic mass is 16.5. The summed E-state index contributed by atoms with van der Waals surface area (Å²) in [6, 6.07) is 15.1. The Balaban J connectivity index is 1.54. The van der Waals surface area contributed by atoms with E-state index in [0.717, 1.165) is 16.8 Å². The number of hydrogen-bond acceptors (Lipinski definition) is 6. The maximum Gasteiger partial charge on any atom is 0.265 e. The fourth-order valence-corrected chi connectivity index (χ4v) is 3.44. The van der Waals surface area contributed by atoms with E-state index < -0.39 is 0 Å². The molecule has 0 saturated carbocycles. The van der Waals surface area contributed by atoms with E-state index >= 15 is 0 Å². The summed E-state index contributed by atoms with van der Waals surface area (Å²) in [5.41, 5.74) is 3.06. The molecule has 0 saturated heterocycles. The zero-order valence-electron chi connectivity index (χ0n) is 16.5. The molecule has 150 valence electrons. The first-order valence-electron chi connectivity index (χ1n) is 9.56. The number of methoxy groups -OCH3 is 1.